The van der Waals surface area contributed by atoms with Crippen molar-refractivity contribution in [3.05, 3.63) is 29.6 Å². The molecule has 0 saturated carbocycles. The Balaban J connectivity index is 2.49. The van der Waals surface area contributed by atoms with Gasteiger partial charge in [0.05, 0.1) is 6.04 Å². The minimum Gasteiger partial charge on any atom is -0.339 e. The Labute approximate surface area is 166 Å². The van der Waals surface area contributed by atoms with Gasteiger partial charge in [0.2, 0.25) is 15.9 Å². The number of likely N-dealkylation sites (N-methyl/N-ethyl adjacent to an activating group) is 1. The standard InChI is InChI=1S/C19H28FN3O4S/c1-7-22(8-2)28(26,27)17-11-15(9-10-16(17)20)19(25)23-13(4)12(3)21(6)18(24)14(23)5/h9-14H,7-8H2,1-6H3. The molecule has 0 aliphatic carbocycles. The van der Waals surface area contributed by atoms with E-state index in [1.807, 2.05) is 13.8 Å². The summed E-state index contributed by atoms with van der Waals surface area (Å²) in [7, 11) is -2.37. The molecule has 7 nitrogen and oxygen atoms in total. The number of carbonyl (C=O) groups is 2. The van der Waals surface area contributed by atoms with Gasteiger partial charge in [-0.05, 0) is 39.0 Å². The van der Waals surface area contributed by atoms with Crippen LogP contribution in [-0.4, -0.2) is 72.6 Å². The number of rotatable bonds is 5. The van der Waals surface area contributed by atoms with E-state index in [4.69, 9.17) is 0 Å². The molecule has 156 valence electrons. The van der Waals surface area contributed by atoms with Crippen LogP contribution in [0.4, 0.5) is 4.39 Å². The largest absolute Gasteiger partial charge is 0.339 e. The van der Waals surface area contributed by atoms with Crippen LogP contribution < -0.4 is 0 Å². The molecule has 1 aromatic rings. The normalized spacial score (nSPS) is 23.4. The van der Waals surface area contributed by atoms with E-state index in [-0.39, 0.29) is 36.6 Å². The smallest absolute Gasteiger partial charge is 0.254 e. The fourth-order valence-corrected chi connectivity index (χ4v) is 5.12. The molecule has 0 aromatic heterocycles. The van der Waals surface area contributed by atoms with Gasteiger partial charge in [0.1, 0.15) is 16.8 Å². The van der Waals surface area contributed by atoms with Crippen LogP contribution in [0.15, 0.2) is 23.1 Å². The Morgan fingerprint density at radius 2 is 1.71 bits per heavy atom. The van der Waals surface area contributed by atoms with Crippen LogP contribution in [0.25, 0.3) is 0 Å². The second kappa shape index (κ2) is 8.16. The molecule has 2 amide bonds. The van der Waals surface area contributed by atoms with Gasteiger partial charge in [0.25, 0.3) is 5.91 Å². The van der Waals surface area contributed by atoms with Gasteiger partial charge in [0, 0.05) is 31.7 Å². The first-order valence-electron chi connectivity index (χ1n) is 9.38. The van der Waals surface area contributed by atoms with Crippen molar-refractivity contribution in [1.82, 2.24) is 14.1 Å². The Morgan fingerprint density at radius 1 is 1.14 bits per heavy atom. The molecule has 1 aliphatic heterocycles. The second-order valence-corrected chi connectivity index (χ2v) is 8.96. The number of amides is 2. The average Bonchev–Trinajstić information content (AvgIpc) is 2.65. The molecule has 1 fully saturated rings. The fourth-order valence-electron chi connectivity index (χ4n) is 3.57. The maximum atomic E-state index is 14.3. The lowest BCUT2D eigenvalue weighted by Crippen LogP contribution is -2.64. The molecule has 3 unspecified atom stereocenters. The van der Waals surface area contributed by atoms with Crippen molar-refractivity contribution in [3.63, 3.8) is 0 Å². The van der Waals surface area contributed by atoms with Gasteiger partial charge in [-0.1, -0.05) is 13.8 Å². The molecule has 1 saturated heterocycles. The number of sulfonamides is 1. The molecule has 9 heteroatoms. The van der Waals surface area contributed by atoms with Crippen molar-refractivity contribution in [2.24, 2.45) is 0 Å². The predicted octanol–water partition coefficient (Wildman–Crippen LogP) is 1.94. The summed E-state index contributed by atoms with van der Waals surface area (Å²) < 4.78 is 41.0. The molecule has 1 aromatic carbocycles. The lowest BCUT2D eigenvalue weighted by atomic mass is 9.99. The van der Waals surface area contributed by atoms with Gasteiger partial charge in [0.15, 0.2) is 0 Å². The van der Waals surface area contributed by atoms with Gasteiger partial charge in [-0.25, -0.2) is 12.8 Å². The van der Waals surface area contributed by atoms with Crippen LogP contribution in [0.1, 0.15) is 45.0 Å². The molecule has 3 atom stereocenters. The van der Waals surface area contributed by atoms with Crippen LogP contribution >= 0.6 is 0 Å². The Bertz CT molecular complexity index is 870. The molecule has 2 rings (SSSR count). The van der Waals surface area contributed by atoms with Crippen LogP contribution in [0, 0.1) is 5.82 Å². The van der Waals surface area contributed by atoms with Gasteiger partial charge < -0.3 is 9.80 Å². The van der Waals surface area contributed by atoms with E-state index >= 15 is 0 Å². The molecule has 0 bridgehead atoms. The molecule has 28 heavy (non-hydrogen) atoms. The molecule has 1 heterocycles. The molecular formula is C19H28FN3O4S. The summed E-state index contributed by atoms with van der Waals surface area (Å²) in [6.07, 6.45) is 0. The van der Waals surface area contributed by atoms with Crippen LogP contribution in [0.5, 0.6) is 0 Å². The number of carbonyl (C=O) groups excluding carboxylic acids is 2. The number of hydrogen-bond acceptors (Lipinski definition) is 4. The number of benzene rings is 1. The van der Waals surface area contributed by atoms with Gasteiger partial charge >= 0.3 is 0 Å². The third-order valence-corrected chi connectivity index (χ3v) is 7.67. The maximum absolute atomic E-state index is 14.3. The molecular weight excluding hydrogens is 385 g/mol. The zero-order chi connectivity index (χ0) is 21.4. The van der Waals surface area contributed by atoms with Crippen molar-refractivity contribution in [2.75, 3.05) is 20.1 Å². The van der Waals surface area contributed by atoms with E-state index in [1.165, 1.54) is 11.0 Å². The highest BCUT2D eigenvalue weighted by atomic mass is 32.2. The number of piperazine rings is 1. The summed E-state index contributed by atoms with van der Waals surface area (Å²) in [5.41, 5.74) is 0.0374. The van der Waals surface area contributed by atoms with Gasteiger partial charge in [-0.15, -0.1) is 0 Å². The quantitative estimate of drug-likeness (QED) is 0.739. The maximum Gasteiger partial charge on any atom is 0.254 e. The number of halogens is 1. The van der Waals surface area contributed by atoms with Gasteiger partial charge in [-0.2, -0.15) is 4.31 Å². The Hall–Kier alpha value is -2.00. The third-order valence-electron chi connectivity index (χ3n) is 5.61. The lowest BCUT2D eigenvalue weighted by Gasteiger charge is -2.46. The summed E-state index contributed by atoms with van der Waals surface area (Å²) in [5, 5.41) is 0. The van der Waals surface area contributed by atoms with Gasteiger partial charge in [-0.3, -0.25) is 9.59 Å². The highest BCUT2D eigenvalue weighted by Gasteiger charge is 2.42. The zero-order valence-corrected chi connectivity index (χ0v) is 18.0. The predicted molar refractivity (Wildman–Crippen MR) is 104 cm³/mol. The Morgan fingerprint density at radius 3 is 2.25 bits per heavy atom. The minimum absolute atomic E-state index is 0.0374. The molecule has 0 spiro atoms. The first-order chi connectivity index (χ1) is 13.0. The van der Waals surface area contributed by atoms with E-state index in [0.717, 1.165) is 16.4 Å². The molecule has 1 aliphatic rings. The first kappa shape index (κ1) is 22.3. The number of nitrogens with zero attached hydrogens (tertiary/aromatic N) is 3. The molecule has 0 N–H and O–H groups in total. The van der Waals surface area contributed by atoms with Crippen molar-refractivity contribution >= 4 is 21.8 Å². The summed E-state index contributed by atoms with van der Waals surface area (Å²) in [4.78, 5) is 28.1. The van der Waals surface area contributed by atoms with Crippen molar-refractivity contribution in [2.45, 2.75) is 57.6 Å². The van der Waals surface area contributed by atoms with E-state index in [1.54, 1.807) is 32.7 Å². The highest BCUT2D eigenvalue weighted by molar-refractivity contribution is 7.89. The minimum atomic E-state index is -4.06. The van der Waals surface area contributed by atoms with E-state index in [9.17, 15) is 22.4 Å². The van der Waals surface area contributed by atoms with Crippen molar-refractivity contribution in [1.29, 1.82) is 0 Å². The lowest BCUT2D eigenvalue weighted by molar-refractivity contribution is -0.143. The fraction of sp³-hybridized carbons (Fsp3) is 0.579. The summed E-state index contributed by atoms with van der Waals surface area (Å²) in [6, 6.07) is 2.13. The van der Waals surface area contributed by atoms with E-state index in [2.05, 4.69) is 0 Å². The van der Waals surface area contributed by atoms with Crippen LogP contribution in [-0.2, 0) is 14.8 Å². The molecule has 0 radical (unpaired) electrons. The number of hydrogen-bond donors (Lipinski definition) is 0. The van der Waals surface area contributed by atoms with Crippen molar-refractivity contribution < 1.29 is 22.4 Å². The average molecular weight is 414 g/mol. The summed E-state index contributed by atoms with van der Waals surface area (Å²) in [5.74, 6) is -1.60. The zero-order valence-electron chi connectivity index (χ0n) is 17.1. The monoisotopic (exact) mass is 413 g/mol. The highest BCUT2D eigenvalue weighted by Crippen LogP contribution is 2.26. The Kier molecular flexibility index (Phi) is 6.50. The third kappa shape index (κ3) is 3.65. The first-order valence-corrected chi connectivity index (χ1v) is 10.8. The summed E-state index contributed by atoms with van der Waals surface area (Å²) >= 11 is 0. The SMILES string of the molecule is CCN(CC)S(=O)(=O)c1cc(C(=O)N2C(C)C(=O)N(C)C(C)C2C)ccc1F. The van der Waals surface area contributed by atoms with E-state index in [0.29, 0.717) is 0 Å². The van der Waals surface area contributed by atoms with Crippen LogP contribution in [0.2, 0.25) is 0 Å². The topological polar surface area (TPSA) is 78.0 Å². The van der Waals surface area contributed by atoms with E-state index < -0.39 is 32.7 Å². The van der Waals surface area contributed by atoms with Crippen LogP contribution in [0.3, 0.4) is 0 Å². The van der Waals surface area contributed by atoms with Crippen molar-refractivity contribution in [3.8, 4) is 0 Å². The second-order valence-electron chi connectivity index (χ2n) is 7.05. The summed E-state index contributed by atoms with van der Waals surface area (Å²) in [6.45, 7) is 9.01.